The lowest BCUT2D eigenvalue weighted by atomic mass is 9.90. The molecule has 116 valence electrons. The smallest absolute Gasteiger partial charge is 0.335 e. The minimum absolute atomic E-state index is 0. The Kier molecular flexibility index (Phi) is 7.76. The second kappa shape index (κ2) is 8.26. The van der Waals surface area contributed by atoms with Crippen LogP contribution in [0.2, 0.25) is 0 Å². The maximum absolute atomic E-state index is 10.9. The minimum Gasteiger partial charge on any atom is -0.478 e. The average molecular weight is 331 g/mol. The lowest BCUT2D eigenvalue weighted by Gasteiger charge is -2.28. The average Bonchev–Trinajstić information content (AvgIpc) is 2.37. The Morgan fingerprint density at radius 1 is 1.33 bits per heavy atom. The molecule has 1 saturated heterocycles. The van der Waals surface area contributed by atoms with Crippen molar-refractivity contribution in [2.24, 2.45) is 5.73 Å². The summed E-state index contributed by atoms with van der Waals surface area (Å²) in [6.45, 7) is 3.56. The fourth-order valence-corrected chi connectivity index (χ4v) is 2.18. The Balaban J connectivity index is 0.00000200. The van der Waals surface area contributed by atoms with Gasteiger partial charge in [-0.15, -0.1) is 24.8 Å². The number of hydrogen-bond donors (Lipinski definition) is 3. The monoisotopic (exact) mass is 330 g/mol. The van der Waals surface area contributed by atoms with E-state index >= 15 is 0 Å². The van der Waals surface area contributed by atoms with Crippen LogP contribution in [0.3, 0.4) is 0 Å². The van der Waals surface area contributed by atoms with Crippen molar-refractivity contribution in [2.45, 2.75) is 25.3 Å². The number of carboxylic acid groups (broad SMARTS) is 1. The molecule has 0 atom stereocenters. The van der Waals surface area contributed by atoms with E-state index in [0.29, 0.717) is 5.56 Å². The molecule has 21 heavy (non-hydrogen) atoms. The van der Waals surface area contributed by atoms with Gasteiger partial charge in [-0.3, -0.25) is 0 Å². The molecule has 0 aromatic heterocycles. The van der Waals surface area contributed by atoms with Crippen LogP contribution >= 0.6 is 24.8 Å². The van der Waals surface area contributed by atoms with Crippen LogP contribution in [0.5, 0.6) is 0 Å². The van der Waals surface area contributed by atoms with E-state index in [2.05, 4.69) is 17.2 Å². The summed E-state index contributed by atoms with van der Waals surface area (Å²) in [5.41, 5.74) is 7.63. The van der Waals surface area contributed by atoms with E-state index in [1.807, 2.05) is 0 Å². The summed E-state index contributed by atoms with van der Waals surface area (Å²) in [5.74, 6) is 5.29. The summed E-state index contributed by atoms with van der Waals surface area (Å²) >= 11 is 0. The first-order valence-electron chi connectivity index (χ1n) is 6.37. The number of halogens is 2. The molecule has 1 aromatic carbocycles. The van der Waals surface area contributed by atoms with Gasteiger partial charge in [0.2, 0.25) is 0 Å². The Morgan fingerprint density at radius 2 is 1.95 bits per heavy atom. The highest BCUT2D eigenvalue weighted by Crippen LogP contribution is 2.15. The lowest BCUT2D eigenvalue weighted by molar-refractivity contribution is 0.0696. The van der Waals surface area contributed by atoms with Crippen LogP contribution in [-0.4, -0.2) is 29.7 Å². The summed E-state index contributed by atoms with van der Waals surface area (Å²) in [7, 11) is 0. The number of benzene rings is 1. The van der Waals surface area contributed by atoms with Gasteiger partial charge in [0.05, 0.1) is 11.1 Å². The predicted molar refractivity (Wildman–Crippen MR) is 88.5 cm³/mol. The number of aromatic carboxylic acids is 1. The Hall–Kier alpha value is -1.25. The Bertz CT molecular complexity index is 559. The number of nitrogens with two attached hydrogens (primary N) is 1. The molecule has 0 saturated carbocycles. The quantitative estimate of drug-likeness (QED) is 0.688. The normalized spacial score (nSPS) is 15.7. The van der Waals surface area contributed by atoms with Crippen molar-refractivity contribution >= 4 is 30.8 Å². The molecule has 1 fully saturated rings. The SMILES string of the molecule is Cc1cc(C#CC2(N)CCNCC2)ccc1C(=O)O.Cl.Cl. The number of aryl methyl sites for hydroxylation is 1. The summed E-state index contributed by atoms with van der Waals surface area (Å²) in [6, 6.07) is 5.11. The molecule has 0 radical (unpaired) electrons. The lowest BCUT2D eigenvalue weighted by Crippen LogP contribution is -2.47. The molecular formula is C15H20Cl2N2O2. The van der Waals surface area contributed by atoms with E-state index in [9.17, 15) is 4.79 Å². The summed E-state index contributed by atoms with van der Waals surface area (Å²) in [4.78, 5) is 10.9. The van der Waals surface area contributed by atoms with Gasteiger partial charge in [0.15, 0.2) is 0 Å². The second-order valence-corrected chi connectivity index (χ2v) is 4.99. The van der Waals surface area contributed by atoms with Crippen LogP contribution in [0.1, 0.15) is 34.3 Å². The van der Waals surface area contributed by atoms with Gasteiger partial charge in [-0.25, -0.2) is 4.79 Å². The highest BCUT2D eigenvalue weighted by Gasteiger charge is 2.24. The van der Waals surface area contributed by atoms with Crippen molar-refractivity contribution in [2.75, 3.05) is 13.1 Å². The maximum atomic E-state index is 10.9. The largest absolute Gasteiger partial charge is 0.478 e. The van der Waals surface area contributed by atoms with Gasteiger partial charge >= 0.3 is 5.97 Å². The maximum Gasteiger partial charge on any atom is 0.335 e. The number of carboxylic acids is 1. The third-order valence-electron chi connectivity index (χ3n) is 3.41. The second-order valence-electron chi connectivity index (χ2n) is 4.99. The topological polar surface area (TPSA) is 75.3 Å². The van der Waals surface area contributed by atoms with Crippen molar-refractivity contribution < 1.29 is 9.90 Å². The van der Waals surface area contributed by atoms with Crippen LogP contribution in [0, 0.1) is 18.8 Å². The molecule has 0 amide bonds. The molecule has 4 nitrogen and oxygen atoms in total. The molecule has 0 unspecified atom stereocenters. The van der Waals surface area contributed by atoms with Crippen molar-refractivity contribution in [1.82, 2.24) is 5.32 Å². The molecule has 0 aliphatic carbocycles. The molecule has 6 heteroatoms. The van der Waals surface area contributed by atoms with Gasteiger partial charge < -0.3 is 16.2 Å². The van der Waals surface area contributed by atoms with Crippen LogP contribution in [0.15, 0.2) is 18.2 Å². The molecule has 0 bridgehead atoms. The van der Waals surface area contributed by atoms with E-state index in [4.69, 9.17) is 10.8 Å². The minimum atomic E-state index is -0.911. The molecule has 1 heterocycles. The van der Waals surface area contributed by atoms with E-state index in [-0.39, 0.29) is 24.8 Å². The first-order chi connectivity index (χ1) is 9.00. The summed E-state index contributed by atoms with van der Waals surface area (Å²) in [6.07, 6.45) is 1.68. The highest BCUT2D eigenvalue weighted by molar-refractivity contribution is 5.89. The molecule has 1 aliphatic rings. The zero-order valence-corrected chi connectivity index (χ0v) is 13.4. The molecule has 1 aromatic rings. The Labute approximate surface area is 137 Å². The standard InChI is InChI=1S/C15H18N2O2.2ClH/c1-11-10-12(2-3-13(11)14(18)19)4-5-15(16)6-8-17-9-7-15;;/h2-3,10,17H,6-9,16H2,1H3,(H,18,19);2*1H. The van der Waals surface area contributed by atoms with Gasteiger partial charge in [0.1, 0.15) is 0 Å². The fourth-order valence-electron chi connectivity index (χ4n) is 2.18. The number of hydrogen-bond acceptors (Lipinski definition) is 3. The highest BCUT2D eigenvalue weighted by atomic mass is 35.5. The first-order valence-corrected chi connectivity index (χ1v) is 6.37. The van der Waals surface area contributed by atoms with Crippen molar-refractivity contribution in [3.8, 4) is 11.8 Å². The molecule has 4 N–H and O–H groups in total. The van der Waals surface area contributed by atoms with Crippen molar-refractivity contribution in [1.29, 1.82) is 0 Å². The van der Waals surface area contributed by atoms with E-state index in [0.717, 1.165) is 37.1 Å². The summed E-state index contributed by atoms with van der Waals surface area (Å²) in [5, 5.41) is 12.2. The zero-order valence-electron chi connectivity index (χ0n) is 11.8. The van der Waals surface area contributed by atoms with Crippen molar-refractivity contribution in [3.05, 3.63) is 34.9 Å². The van der Waals surface area contributed by atoms with Gasteiger partial charge in [-0.1, -0.05) is 11.8 Å². The third kappa shape index (κ3) is 5.22. The van der Waals surface area contributed by atoms with E-state index in [1.54, 1.807) is 25.1 Å². The van der Waals surface area contributed by atoms with Gasteiger partial charge in [0.25, 0.3) is 0 Å². The summed E-state index contributed by atoms with van der Waals surface area (Å²) < 4.78 is 0. The van der Waals surface area contributed by atoms with Crippen LogP contribution in [-0.2, 0) is 0 Å². The number of piperidine rings is 1. The van der Waals surface area contributed by atoms with Crippen LogP contribution in [0.4, 0.5) is 0 Å². The number of carbonyl (C=O) groups is 1. The molecule has 1 aliphatic heterocycles. The van der Waals surface area contributed by atoms with Crippen molar-refractivity contribution in [3.63, 3.8) is 0 Å². The van der Waals surface area contributed by atoms with Crippen LogP contribution in [0.25, 0.3) is 0 Å². The molecule has 0 spiro atoms. The zero-order chi connectivity index (χ0) is 13.9. The fraction of sp³-hybridized carbons (Fsp3) is 0.400. The van der Waals surface area contributed by atoms with Gasteiger partial charge in [0, 0.05) is 5.56 Å². The Morgan fingerprint density at radius 3 is 2.48 bits per heavy atom. The van der Waals surface area contributed by atoms with E-state index < -0.39 is 11.5 Å². The number of nitrogens with one attached hydrogen (secondary N) is 1. The number of rotatable bonds is 1. The molecular weight excluding hydrogens is 311 g/mol. The first kappa shape index (κ1) is 19.8. The third-order valence-corrected chi connectivity index (χ3v) is 3.41. The van der Waals surface area contributed by atoms with Crippen LogP contribution < -0.4 is 11.1 Å². The molecule has 2 rings (SSSR count). The van der Waals surface area contributed by atoms with Gasteiger partial charge in [-0.05, 0) is 56.6 Å². The van der Waals surface area contributed by atoms with E-state index in [1.165, 1.54) is 0 Å². The predicted octanol–water partition coefficient (Wildman–Crippen LogP) is 1.97. The van der Waals surface area contributed by atoms with Gasteiger partial charge in [-0.2, -0.15) is 0 Å².